The fourth-order valence-corrected chi connectivity index (χ4v) is 7.70. The Morgan fingerprint density at radius 3 is 1.37 bits per heavy atom. The molecule has 5 saturated heterocycles. The number of nitrogens with one attached hydrogen (secondary N) is 2. The predicted molar refractivity (Wildman–Crippen MR) is 187 cm³/mol. The van der Waals surface area contributed by atoms with E-state index >= 15 is 0 Å². The number of ether oxygens (including phenoxy) is 9. The van der Waals surface area contributed by atoms with Crippen LogP contribution in [0.15, 0.2) is 0 Å². The molecule has 5 heterocycles. The molecule has 25 atom stereocenters. The molecular weight excluding hydrogens is 820 g/mol. The van der Waals surface area contributed by atoms with Gasteiger partial charge in [0.2, 0.25) is 11.8 Å². The quantitative estimate of drug-likeness (QED) is 0.0817. The van der Waals surface area contributed by atoms with Gasteiger partial charge in [0, 0.05) is 13.8 Å². The Kier molecular flexibility index (Phi) is 16.9. The zero-order valence-corrected chi connectivity index (χ0v) is 32.9. The number of aliphatic hydroxyl groups excluding tert-OH is 13. The smallest absolute Gasteiger partial charge is 0.217 e. The normalized spacial score (nSPS) is 50.2. The van der Waals surface area contributed by atoms with Gasteiger partial charge in [0.25, 0.3) is 0 Å². The number of amides is 2. The van der Waals surface area contributed by atoms with Crippen molar-refractivity contribution in [3.8, 4) is 0 Å². The first-order valence-electron chi connectivity index (χ1n) is 19.3. The summed E-state index contributed by atoms with van der Waals surface area (Å²) in [5, 5.41) is 143. The minimum Gasteiger partial charge on any atom is -0.394 e. The number of carbonyl (C=O) groups excluding carboxylic acids is 2. The molecule has 348 valence electrons. The molecule has 2 amide bonds. The molecule has 15 unspecified atom stereocenters. The van der Waals surface area contributed by atoms with Gasteiger partial charge < -0.3 is 120 Å². The van der Waals surface area contributed by atoms with Crippen molar-refractivity contribution in [3.05, 3.63) is 0 Å². The van der Waals surface area contributed by atoms with Gasteiger partial charge in [-0.15, -0.1) is 0 Å². The van der Waals surface area contributed by atoms with Crippen LogP contribution in [-0.2, 0) is 52.2 Å². The average Bonchev–Trinajstić information content (AvgIpc) is 3.20. The van der Waals surface area contributed by atoms with Crippen LogP contribution in [0.3, 0.4) is 0 Å². The van der Waals surface area contributed by atoms with Gasteiger partial charge in [-0.2, -0.15) is 0 Å². The Morgan fingerprint density at radius 2 is 0.867 bits per heavy atom. The molecule has 0 aromatic heterocycles. The molecule has 26 heteroatoms. The molecule has 0 saturated carbocycles. The third kappa shape index (κ3) is 10.4. The fourth-order valence-electron chi connectivity index (χ4n) is 7.70. The number of hydrogen-bond donors (Lipinski definition) is 15. The van der Waals surface area contributed by atoms with Crippen molar-refractivity contribution in [1.29, 1.82) is 0 Å². The molecular formula is C34H58N2O24. The molecule has 0 bridgehead atoms. The van der Waals surface area contributed by atoms with Gasteiger partial charge in [0.05, 0.1) is 32.0 Å². The van der Waals surface area contributed by atoms with Crippen LogP contribution in [0.5, 0.6) is 0 Å². The highest BCUT2D eigenvalue weighted by molar-refractivity contribution is 5.73. The molecule has 60 heavy (non-hydrogen) atoms. The van der Waals surface area contributed by atoms with Crippen LogP contribution < -0.4 is 10.6 Å². The Bertz CT molecular complexity index is 1410. The van der Waals surface area contributed by atoms with E-state index in [2.05, 4.69) is 10.6 Å². The van der Waals surface area contributed by atoms with Crippen molar-refractivity contribution in [2.45, 2.75) is 181 Å². The molecule has 5 fully saturated rings. The zero-order chi connectivity index (χ0) is 44.5. The van der Waals surface area contributed by atoms with Crippen molar-refractivity contribution >= 4 is 11.8 Å². The zero-order valence-electron chi connectivity index (χ0n) is 32.9. The molecule has 26 nitrogen and oxygen atoms in total. The highest BCUT2D eigenvalue weighted by Gasteiger charge is 2.58. The lowest BCUT2D eigenvalue weighted by molar-refractivity contribution is -0.396. The van der Waals surface area contributed by atoms with E-state index in [9.17, 15) is 76.0 Å². The van der Waals surface area contributed by atoms with Gasteiger partial charge in [-0.25, -0.2) is 0 Å². The van der Waals surface area contributed by atoms with Crippen LogP contribution in [0.2, 0.25) is 0 Å². The Labute approximate surface area is 342 Å². The van der Waals surface area contributed by atoms with Crippen LogP contribution in [0, 0.1) is 0 Å². The molecule has 0 aromatic rings. The van der Waals surface area contributed by atoms with Gasteiger partial charge in [-0.3, -0.25) is 9.59 Å². The largest absolute Gasteiger partial charge is 0.394 e. The standard InChI is InChI=1S/C34H58N2O24/c1-8-17(42)21(46)24(49)32(52-8)59-28-16(36-11(4)41)31(58-27-15(35-10(3)40)30(51)54-13(6-38)20(27)45)56-14(7-39)26(28)57-34-29(23(48)19(44)12(5-37)55-34)60-33-25(50)22(47)18(43)9(2)53-33/h8-9,12-34,37-39,42-51H,5-7H2,1-4H3,(H,35,40)(H,36,41)/t8?,9?,12?,13?,14?,15?,16?,17?,18-,19?,20?,21-,22?,23+,24?,25+,26?,27-,28-,29?,30+,31+,32+,33?,34+/m1/s1. The van der Waals surface area contributed by atoms with Crippen molar-refractivity contribution in [3.63, 3.8) is 0 Å². The summed E-state index contributed by atoms with van der Waals surface area (Å²) in [6.07, 6.45) is -40.4. The molecule has 5 rings (SSSR count). The van der Waals surface area contributed by atoms with E-state index in [1.807, 2.05) is 0 Å². The first-order chi connectivity index (χ1) is 28.2. The molecule has 0 aromatic carbocycles. The van der Waals surface area contributed by atoms with E-state index < -0.39 is 185 Å². The van der Waals surface area contributed by atoms with Crippen LogP contribution in [0.1, 0.15) is 27.7 Å². The summed E-state index contributed by atoms with van der Waals surface area (Å²) in [6.45, 7) is 2.00. The maximum atomic E-state index is 12.9. The van der Waals surface area contributed by atoms with Crippen LogP contribution in [0.25, 0.3) is 0 Å². The summed E-state index contributed by atoms with van der Waals surface area (Å²) in [6, 6.07) is -3.27. The van der Waals surface area contributed by atoms with E-state index in [4.69, 9.17) is 42.6 Å². The van der Waals surface area contributed by atoms with Gasteiger partial charge in [-0.1, -0.05) is 0 Å². The minimum atomic E-state index is -2.03. The number of aliphatic hydroxyl groups is 13. The van der Waals surface area contributed by atoms with E-state index in [1.54, 1.807) is 0 Å². The summed E-state index contributed by atoms with van der Waals surface area (Å²) in [4.78, 5) is 25.0. The summed E-state index contributed by atoms with van der Waals surface area (Å²) in [7, 11) is 0. The number of hydrogen-bond acceptors (Lipinski definition) is 24. The molecule has 0 spiro atoms. The van der Waals surface area contributed by atoms with Gasteiger partial charge in [0.15, 0.2) is 31.5 Å². The van der Waals surface area contributed by atoms with Gasteiger partial charge >= 0.3 is 0 Å². The third-order valence-corrected chi connectivity index (χ3v) is 11.0. The fraction of sp³-hybridized carbons (Fsp3) is 0.941. The third-order valence-electron chi connectivity index (χ3n) is 11.0. The summed E-state index contributed by atoms with van der Waals surface area (Å²) < 4.78 is 52.7. The first kappa shape index (κ1) is 49.1. The minimum absolute atomic E-state index is 0.723. The topological polar surface area (TPSA) is 404 Å². The SMILES string of the molecule is CC(=O)NC1[C@H](O[C@H]2C(O)C(CO)O[C@H](O)C2NC(C)=O)OC(CO)C(O[C@@H]2OC(CO)C(O)[C@H](O)C2OC2OC(C)[C@@H](O)C(O)[C@@H]2O)[C@@H]1O[C@@H]1OC(C)C(O)[C@@H](O)C1O. The molecule has 5 aliphatic heterocycles. The van der Waals surface area contributed by atoms with Crippen molar-refractivity contribution < 1.29 is 119 Å². The Hall–Kier alpha value is -1.94. The Morgan fingerprint density at radius 1 is 0.433 bits per heavy atom. The summed E-state index contributed by atoms with van der Waals surface area (Å²) >= 11 is 0. The van der Waals surface area contributed by atoms with E-state index in [0.717, 1.165) is 13.8 Å². The van der Waals surface area contributed by atoms with Crippen LogP contribution in [0.4, 0.5) is 0 Å². The number of carbonyl (C=O) groups is 2. The van der Waals surface area contributed by atoms with Crippen LogP contribution >= 0.6 is 0 Å². The average molecular weight is 879 g/mol. The highest BCUT2D eigenvalue weighted by atomic mass is 16.8. The highest BCUT2D eigenvalue weighted by Crippen LogP contribution is 2.37. The first-order valence-corrected chi connectivity index (χ1v) is 19.3. The van der Waals surface area contributed by atoms with Gasteiger partial charge in [0.1, 0.15) is 110 Å². The monoisotopic (exact) mass is 878 g/mol. The second kappa shape index (κ2) is 20.7. The van der Waals surface area contributed by atoms with E-state index in [0.29, 0.717) is 0 Å². The summed E-state index contributed by atoms with van der Waals surface area (Å²) in [5.41, 5.74) is 0. The molecule has 0 radical (unpaired) electrons. The number of rotatable bonds is 13. The molecule has 5 aliphatic rings. The van der Waals surface area contributed by atoms with E-state index in [1.165, 1.54) is 13.8 Å². The van der Waals surface area contributed by atoms with Crippen LogP contribution in [-0.4, -0.2) is 251 Å². The van der Waals surface area contributed by atoms with Crippen molar-refractivity contribution in [1.82, 2.24) is 10.6 Å². The lowest BCUT2D eigenvalue weighted by atomic mass is 9.93. The van der Waals surface area contributed by atoms with Crippen molar-refractivity contribution in [2.24, 2.45) is 0 Å². The second-order valence-electron chi connectivity index (χ2n) is 15.4. The molecule has 0 aliphatic carbocycles. The maximum Gasteiger partial charge on any atom is 0.217 e. The Balaban J connectivity index is 1.57. The van der Waals surface area contributed by atoms with Gasteiger partial charge in [-0.05, 0) is 13.8 Å². The lowest BCUT2D eigenvalue weighted by Gasteiger charge is -2.52. The predicted octanol–water partition coefficient (Wildman–Crippen LogP) is -9.58. The molecule has 15 N–H and O–H groups in total. The summed E-state index contributed by atoms with van der Waals surface area (Å²) in [5.74, 6) is -1.54. The second-order valence-corrected chi connectivity index (χ2v) is 15.4. The van der Waals surface area contributed by atoms with Crippen molar-refractivity contribution in [2.75, 3.05) is 19.8 Å². The maximum absolute atomic E-state index is 12.9. The van der Waals surface area contributed by atoms with E-state index in [-0.39, 0.29) is 0 Å². The lowest BCUT2D eigenvalue weighted by Crippen LogP contribution is -2.72.